The monoisotopic (exact) mass is 339 g/mol. The quantitative estimate of drug-likeness (QED) is 0.413. The Morgan fingerprint density at radius 2 is 1.17 bits per heavy atom. The van der Waals surface area contributed by atoms with Crippen LogP contribution in [0.1, 0.15) is 6.92 Å². The predicted octanol–water partition coefficient (Wildman–Crippen LogP) is 5.83. The van der Waals surface area contributed by atoms with Gasteiger partial charge in [-0.2, -0.15) is 0 Å². The van der Waals surface area contributed by atoms with Gasteiger partial charge in [-0.05, 0) is 48.5 Å². The molecule has 0 N–H and O–H groups in total. The van der Waals surface area contributed by atoms with Crippen LogP contribution in [0.3, 0.4) is 0 Å². The third-order valence-electron chi connectivity index (χ3n) is 3.29. The molecule has 3 aromatic carbocycles. The van der Waals surface area contributed by atoms with Crippen molar-refractivity contribution < 1.29 is 4.18 Å². The summed E-state index contributed by atoms with van der Waals surface area (Å²) in [5.41, 5.74) is 0. The Bertz CT molecular complexity index is 672. The van der Waals surface area contributed by atoms with Crippen LogP contribution in [0.15, 0.2) is 99.6 Å². The molecule has 3 rings (SSSR count). The van der Waals surface area contributed by atoms with Crippen molar-refractivity contribution >= 4 is 22.9 Å². The van der Waals surface area contributed by atoms with Crippen molar-refractivity contribution in [2.24, 2.45) is 0 Å². The Hall–Kier alpha value is -1.84. The second kappa shape index (κ2) is 8.14. The van der Waals surface area contributed by atoms with E-state index in [1.165, 1.54) is 26.7 Å². The van der Waals surface area contributed by atoms with Crippen LogP contribution in [0.25, 0.3) is 0 Å². The maximum absolute atomic E-state index is 5.62. The Morgan fingerprint density at radius 1 is 0.696 bits per heavy atom. The van der Waals surface area contributed by atoms with Gasteiger partial charge in [0.05, 0.1) is 22.9 Å². The highest BCUT2D eigenvalue weighted by molar-refractivity contribution is 7.97. The Balaban J connectivity index is 1.96. The second-order valence-corrected chi connectivity index (χ2v) is 7.90. The molecule has 0 aliphatic rings. The van der Waals surface area contributed by atoms with Crippen molar-refractivity contribution in [3.63, 3.8) is 0 Å². The van der Waals surface area contributed by atoms with Crippen LogP contribution >= 0.6 is 12.0 Å². The molecule has 1 nitrogen and oxygen atoms in total. The first-order valence-electron chi connectivity index (χ1n) is 7.62. The van der Waals surface area contributed by atoms with E-state index in [2.05, 4.69) is 91.9 Å². The fraction of sp³-hybridized carbons (Fsp3) is 0.100. The van der Waals surface area contributed by atoms with Crippen molar-refractivity contribution in [2.45, 2.75) is 21.6 Å². The molecule has 116 valence electrons. The molecule has 0 aromatic heterocycles. The number of benzene rings is 3. The van der Waals surface area contributed by atoms with E-state index < -0.39 is 0 Å². The molecular formula is C20H19OS2+. The molecule has 0 saturated heterocycles. The van der Waals surface area contributed by atoms with E-state index in [0.29, 0.717) is 0 Å². The van der Waals surface area contributed by atoms with Gasteiger partial charge in [-0.3, -0.25) is 0 Å². The average molecular weight is 340 g/mol. The fourth-order valence-electron chi connectivity index (χ4n) is 2.28. The Labute approximate surface area is 145 Å². The van der Waals surface area contributed by atoms with Gasteiger partial charge < -0.3 is 4.18 Å². The van der Waals surface area contributed by atoms with Crippen LogP contribution < -0.4 is 4.18 Å². The minimum Gasteiger partial charge on any atom is -0.426 e. The minimum absolute atomic E-state index is 0.0910. The molecule has 0 heterocycles. The first kappa shape index (κ1) is 16.0. The Kier molecular flexibility index (Phi) is 5.67. The van der Waals surface area contributed by atoms with E-state index in [1.54, 1.807) is 0 Å². The summed E-state index contributed by atoms with van der Waals surface area (Å²) in [6, 6.07) is 29.8. The molecule has 0 amide bonds. The third-order valence-corrected chi connectivity index (χ3v) is 6.07. The molecule has 0 bridgehead atoms. The van der Waals surface area contributed by atoms with Gasteiger partial charge in [0.1, 0.15) is 5.75 Å². The van der Waals surface area contributed by atoms with Crippen LogP contribution in [0.4, 0.5) is 0 Å². The standard InChI is InChI=1S/C20H19OS2/c1-2-22-21-17-13-15-20(16-14-17)23(18-9-5-3-6-10-18)19-11-7-4-8-12-19/h3-16H,2H2,1H3/q+1. The SMILES string of the molecule is CCSOc1ccc([S+](c2ccccc2)c2ccccc2)cc1. The lowest BCUT2D eigenvalue weighted by molar-refractivity contribution is 0.646. The number of hydrogen-bond acceptors (Lipinski definition) is 2. The fourth-order valence-corrected chi connectivity index (χ4v) is 4.73. The van der Waals surface area contributed by atoms with E-state index in [0.717, 1.165) is 11.5 Å². The lowest BCUT2D eigenvalue weighted by Crippen LogP contribution is -2.04. The van der Waals surface area contributed by atoms with Crippen molar-refractivity contribution in [1.29, 1.82) is 0 Å². The van der Waals surface area contributed by atoms with Gasteiger partial charge >= 0.3 is 0 Å². The van der Waals surface area contributed by atoms with Crippen molar-refractivity contribution in [2.75, 3.05) is 5.75 Å². The molecule has 3 aromatic rings. The molecule has 0 radical (unpaired) electrons. The molecule has 0 unspecified atom stereocenters. The predicted molar refractivity (Wildman–Crippen MR) is 100 cm³/mol. The van der Waals surface area contributed by atoms with Gasteiger partial charge in [0.2, 0.25) is 0 Å². The van der Waals surface area contributed by atoms with Gasteiger partial charge in [0, 0.05) is 5.75 Å². The molecule has 0 spiro atoms. The van der Waals surface area contributed by atoms with Gasteiger partial charge in [0.15, 0.2) is 14.7 Å². The summed E-state index contributed by atoms with van der Waals surface area (Å²) in [5.74, 6) is 1.85. The van der Waals surface area contributed by atoms with Gasteiger partial charge in [0.25, 0.3) is 0 Å². The molecule has 0 fully saturated rings. The van der Waals surface area contributed by atoms with E-state index in [-0.39, 0.29) is 10.9 Å². The number of hydrogen-bond donors (Lipinski definition) is 0. The topological polar surface area (TPSA) is 9.23 Å². The summed E-state index contributed by atoms with van der Waals surface area (Å²) in [7, 11) is -0.0910. The van der Waals surface area contributed by atoms with Gasteiger partial charge in [-0.15, -0.1) is 0 Å². The molecule has 23 heavy (non-hydrogen) atoms. The zero-order valence-corrected chi connectivity index (χ0v) is 14.6. The van der Waals surface area contributed by atoms with Gasteiger partial charge in [-0.1, -0.05) is 43.3 Å². The zero-order valence-electron chi connectivity index (χ0n) is 13.0. The summed E-state index contributed by atoms with van der Waals surface area (Å²) in [4.78, 5) is 3.96. The van der Waals surface area contributed by atoms with E-state index in [1.807, 2.05) is 0 Å². The maximum atomic E-state index is 5.62. The first-order valence-corrected chi connectivity index (χ1v) is 9.76. The van der Waals surface area contributed by atoms with Crippen LogP contribution in [0, 0.1) is 0 Å². The zero-order chi connectivity index (χ0) is 15.9. The molecule has 0 atom stereocenters. The lowest BCUT2D eigenvalue weighted by atomic mass is 10.3. The highest BCUT2D eigenvalue weighted by atomic mass is 32.2. The molecule has 3 heteroatoms. The smallest absolute Gasteiger partial charge is 0.166 e. The molecule has 0 aliphatic heterocycles. The highest BCUT2D eigenvalue weighted by Gasteiger charge is 2.28. The van der Waals surface area contributed by atoms with Crippen LogP contribution in [-0.2, 0) is 10.9 Å². The summed E-state index contributed by atoms with van der Waals surface area (Å²) in [6.07, 6.45) is 0. The van der Waals surface area contributed by atoms with Crippen LogP contribution in [0.5, 0.6) is 5.75 Å². The largest absolute Gasteiger partial charge is 0.426 e. The van der Waals surface area contributed by atoms with Crippen molar-refractivity contribution in [1.82, 2.24) is 0 Å². The van der Waals surface area contributed by atoms with Crippen molar-refractivity contribution in [3.8, 4) is 5.75 Å². The summed E-state index contributed by atoms with van der Waals surface area (Å²) >= 11 is 1.47. The first-order chi connectivity index (χ1) is 11.4. The maximum Gasteiger partial charge on any atom is 0.166 e. The number of rotatable bonds is 6. The van der Waals surface area contributed by atoms with Gasteiger partial charge in [-0.25, -0.2) is 0 Å². The lowest BCUT2D eigenvalue weighted by Gasteiger charge is -2.08. The molecule has 0 saturated carbocycles. The van der Waals surface area contributed by atoms with Crippen molar-refractivity contribution in [3.05, 3.63) is 84.9 Å². The third kappa shape index (κ3) is 4.12. The molecule has 0 aliphatic carbocycles. The second-order valence-electron chi connectivity index (χ2n) is 4.89. The molecular weight excluding hydrogens is 320 g/mol. The normalized spacial score (nSPS) is 10.7. The summed E-state index contributed by atoms with van der Waals surface area (Å²) < 4.78 is 5.62. The van der Waals surface area contributed by atoms with E-state index in [9.17, 15) is 0 Å². The van der Waals surface area contributed by atoms with Crippen LogP contribution in [-0.4, -0.2) is 5.75 Å². The minimum atomic E-state index is -0.0910. The van der Waals surface area contributed by atoms with E-state index in [4.69, 9.17) is 4.18 Å². The average Bonchev–Trinajstić information content (AvgIpc) is 2.63. The summed E-state index contributed by atoms with van der Waals surface area (Å²) in [6.45, 7) is 2.08. The van der Waals surface area contributed by atoms with Crippen LogP contribution in [0.2, 0.25) is 0 Å². The summed E-state index contributed by atoms with van der Waals surface area (Å²) in [5, 5.41) is 0. The van der Waals surface area contributed by atoms with E-state index >= 15 is 0 Å². The Morgan fingerprint density at radius 3 is 1.65 bits per heavy atom. The highest BCUT2D eigenvalue weighted by Crippen LogP contribution is 2.32.